The third-order valence-corrected chi connectivity index (χ3v) is 4.92. The summed E-state index contributed by atoms with van der Waals surface area (Å²) in [7, 11) is 0. The van der Waals surface area contributed by atoms with E-state index in [0.29, 0.717) is 40.9 Å². The maximum absolute atomic E-state index is 13.3. The molecule has 1 aliphatic rings. The SMILES string of the molecule is CSc1nc(NCCc2cccc(F)c2)n2ncc(C=C3CC(=O)NC3=O)c2n1. The highest BCUT2D eigenvalue weighted by Crippen LogP contribution is 2.21. The van der Waals surface area contributed by atoms with Crippen molar-refractivity contribution in [3.05, 3.63) is 53.0 Å². The van der Waals surface area contributed by atoms with Crippen LogP contribution in [0.3, 0.4) is 0 Å². The summed E-state index contributed by atoms with van der Waals surface area (Å²) >= 11 is 1.38. The van der Waals surface area contributed by atoms with Gasteiger partial charge in [0.05, 0.1) is 12.6 Å². The summed E-state index contributed by atoms with van der Waals surface area (Å²) in [5.41, 5.74) is 2.39. The first kappa shape index (κ1) is 19.1. The minimum atomic E-state index is -0.401. The first-order chi connectivity index (χ1) is 14.0. The normalized spacial score (nSPS) is 15.3. The molecule has 10 heteroatoms. The monoisotopic (exact) mass is 412 g/mol. The van der Waals surface area contributed by atoms with Crippen LogP contribution < -0.4 is 10.6 Å². The van der Waals surface area contributed by atoms with Crippen LogP contribution in [0.4, 0.5) is 10.3 Å². The van der Waals surface area contributed by atoms with Crippen LogP contribution in [0.1, 0.15) is 17.5 Å². The number of carbonyl (C=O) groups excluding carboxylic acids is 2. The second kappa shape index (κ2) is 8.00. The third kappa shape index (κ3) is 4.11. The molecule has 0 radical (unpaired) electrons. The third-order valence-electron chi connectivity index (χ3n) is 4.37. The standard InChI is InChI=1S/C19H17FN6O2S/c1-29-19-24-16-13(8-12-9-15(27)23-17(12)28)10-22-26(16)18(25-19)21-6-5-11-3-2-4-14(20)7-11/h2-4,7-8,10H,5-6,9H2,1H3,(H,21,24,25)(H,23,27,28). The molecule has 0 spiro atoms. The summed E-state index contributed by atoms with van der Waals surface area (Å²) in [5.74, 6) is -0.498. The zero-order valence-corrected chi connectivity index (χ0v) is 16.3. The highest BCUT2D eigenvalue weighted by atomic mass is 32.2. The Balaban J connectivity index is 1.61. The number of amides is 2. The van der Waals surface area contributed by atoms with Crippen LogP contribution in [-0.2, 0) is 16.0 Å². The fourth-order valence-electron chi connectivity index (χ4n) is 3.00. The van der Waals surface area contributed by atoms with Crippen molar-refractivity contribution in [2.24, 2.45) is 0 Å². The number of aromatic nitrogens is 4. The molecule has 148 valence electrons. The van der Waals surface area contributed by atoms with Crippen molar-refractivity contribution in [3.63, 3.8) is 0 Å². The minimum absolute atomic E-state index is 0.0371. The van der Waals surface area contributed by atoms with Gasteiger partial charge >= 0.3 is 0 Å². The fraction of sp³-hybridized carbons (Fsp3) is 0.211. The van der Waals surface area contributed by atoms with Crippen LogP contribution in [0, 0.1) is 5.82 Å². The number of nitrogens with one attached hydrogen (secondary N) is 2. The Morgan fingerprint density at radius 2 is 2.21 bits per heavy atom. The number of fused-ring (bicyclic) bond motifs is 1. The molecular formula is C19H17FN6O2S. The quantitative estimate of drug-likeness (QED) is 0.363. The Morgan fingerprint density at radius 1 is 1.34 bits per heavy atom. The van der Waals surface area contributed by atoms with Gasteiger partial charge in [0.15, 0.2) is 10.8 Å². The topological polar surface area (TPSA) is 101 Å². The van der Waals surface area contributed by atoms with Gasteiger partial charge in [-0.3, -0.25) is 14.9 Å². The van der Waals surface area contributed by atoms with Gasteiger partial charge < -0.3 is 5.32 Å². The van der Waals surface area contributed by atoms with E-state index in [1.165, 1.54) is 23.9 Å². The molecular weight excluding hydrogens is 395 g/mol. The number of hydrogen-bond donors (Lipinski definition) is 2. The van der Waals surface area contributed by atoms with Crippen LogP contribution in [-0.4, -0.2) is 44.2 Å². The fourth-order valence-corrected chi connectivity index (χ4v) is 3.36. The number of halogens is 1. The van der Waals surface area contributed by atoms with E-state index in [9.17, 15) is 14.0 Å². The van der Waals surface area contributed by atoms with E-state index < -0.39 is 5.91 Å². The molecule has 0 atom stereocenters. The Bertz CT molecular complexity index is 1140. The first-order valence-corrected chi connectivity index (χ1v) is 10.1. The van der Waals surface area contributed by atoms with Gasteiger partial charge in [0.2, 0.25) is 11.9 Å². The Kier molecular flexibility index (Phi) is 5.26. The van der Waals surface area contributed by atoms with Crippen molar-refractivity contribution in [1.82, 2.24) is 24.9 Å². The van der Waals surface area contributed by atoms with E-state index >= 15 is 0 Å². The van der Waals surface area contributed by atoms with Gasteiger partial charge in [0.1, 0.15) is 5.82 Å². The molecule has 2 aromatic heterocycles. The van der Waals surface area contributed by atoms with E-state index in [0.717, 1.165) is 5.56 Å². The number of imide groups is 1. The second-order valence-corrected chi connectivity index (χ2v) is 7.17. The highest BCUT2D eigenvalue weighted by Gasteiger charge is 2.24. The van der Waals surface area contributed by atoms with E-state index in [-0.39, 0.29) is 18.1 Å². The predicted octanol–water partition coefficient (Wildman–Crippen LogP) is 2.07. The lowest BCUT2D eigenvalue weighted by Crippen LogP contribution is -2.19. The largest absolute Gasteiger partial charge is 0.354 e. The van der Waals surface area contributed by atoms with Crippen LogP contribution in [0.5, 0.6) is 0 Å². The van der Waals surface area contributed by atoms with Crippen LogP contribution in [0.15, 0.2) is 41.2 Å². The first-order valence-electron chi connectivity index (χ1n) is 8.86. The second-order valence-electron chi connectivity index (χ2n) is 6.40. The number of carbonyl (C=O) groups is 2. The summed E-state index contributed by atoms with van der Waals surface area (Å²) in [5, 5.41) is 10.3. The predicted molar refractivity (Wildman–Crippen MR) is 107 cm³/mol. The van der Waals surface area contributed by atoms with Crippen molar-refractivity contribution in [2.75, 3.05) is 18.1 Å². The van der Waals surface area contributed by atoms with E-state index in [1.54, 1.807) is 22.9 Å². The lowest BCUT2D eigenvalue weighted by atomic mass is 10.1. The number of hydrogen-bond acceptors (Lipinski definition) is 7. The molecule has 1 aliphatic heterocycles. The summed E-state index contributed by atoms with van der Waals surface area (Å²) in [6.45, 7) is 0.524. The van der Waals surface area contributed by atoms with Gasteiger partial charge in [-0.2, -0.15) is 14.6 Å². The molecule has 29 heavy (non-hydrogen) atoms. The van der Waals surface area contributed by atoms with Gasteiger partial charge in [-0.25, -0.2) is 9.37 Å². The maximum atomic E-state index is 13.3. The van der Waals surface area contributed by atoms with Crippen molar-refractivity contribution in [3.8, 4) is 0 Å². The Morgan fingerprint density at radius 3 is 2.93 bits per heavy atom. The lowest BCUT2D eigenvalue weighted by Gasteiger charge is -2.09. The summed E-state index contributed by atoms with van der Waals surface area (Å²) in [6, 6.07) is 6.45. The molecule has 1 aromatic carbocycles. The molecule has 3 aromatic rings. The van der Waals surface area contributed by atoms with Crippen molar-refractivity contribution in [1.29, 1.82) is 0 Å². The van der Waals surface area contributed by atoms with Crippen LogP contribution >= 0.6 is 11.8 Å². The Labute approximate surface area is 169 Å². The molecule has 2 amide bonds. The zero-order valence-electron chi connectivity index (χ0n) is 15.5. The van der Waals surface area contributed by atoms with E-state index in [4.69, 9.17) is 0 Å². The molecule has 2 N–H and O–H groups in total. The molecule has 0 bridgehead atoms. The van der Waals surface area contributed by atoms with E-state index in [2.05, 4.69) is 25.7 Å². The van der Waals surface area contributed by atoms with Gasteiger partial charge in [-0.05, 0) is 36.4 Å². The van der Waals surface area contributed by atoms with Crippen LogP contribution in [0.25, 0.3) is 11.7 Å². The number of rotatable bonds is 6. The molecule has 0 aliphatic carbocycles. The maximum Gasteiger partial charge on any atom is 0.254 e. The molecule has 0 unspecified atom stereocenters. The van der Waals surface area contributed by atoms with E-state index in [1.807, 2.05) is 12.3 Å². The van der Waals surface area contributed by atoms with Gasteiger partial charge in [-0.15, -0.1) is 0 Å². The van der Waals surface area contributed by atoms with Gasteiger partial charge in [0, 0.05) is 17.7 Å². The smallest absolute Gasteiger partial charge is 0.254 e. The number of nitrogens with zero attached hydrogens (tertiary/aromatic N) is 4. The molecule has 0 saturated carbocycles. The molecule has 3 heterocycles. The molecule has 8 nitrogen and oxygen atoms in total. The highest BCUT2D eigenvalue weighted by molar-refractivity contribution is 7.98. The van der Waals surface area contributed by atoms with Gasteiger partial charge in [0.25, 0.3) is 5.91 Å². The number of thioether (sulfide) groups is 1. The zero-order chi connectivity index (χ0) is 20.4. The van der Waals surface area contributed by atoms with Crippen molar-refractivity contribution >= 4 is 41.2 Å². The number of anilines is 1. The summed E-state index contributed by atoms with van der Waals surface area (Å²) in [4.78, 5) is 32.2. The van der Waals surface area contributed by atoms with Gasteiger partial charge in [-0.1, -0.05) is 23.9 Å². The summed E-state index contributed by atoms with van der Waals surface area (Å²) < 4.78 is 14.9. The molecule has 4 rings (SSSR count). The summed E-state index contributed by atoms with van der Waals surface area (Å²) in [6.07, 6.45) is 5.71. The average Bonchev–Trinajstić information content (AvgIpc) is 3.24. The minimum Gasteiger partial charge on any atom is -0.354 e. The van der Waals surface area contributed by atoms with Crippen molar-refractivity contribution < 1.29 is 14.0 Å². The lowest BCUT2D eigenvalue weighted by molar-refractivity contribution is -0.124. The molecule has 1 saturated heterocycles. The average molecular weight is 412 g/mol. The number of benzene rings is 1. The Hall–Kier alpha value is -3.27. The molecule has 1 fully saturated rings. The van der Waals surface area contributed by atoms with Crippen LogP contribution in [0.2, 0.25) is 0 Å². The van der Waals surface area contributed by atoms with Crippen molar-refractivity contribution in [2.45, 2.75) is 18.0 Å².